The minimum atomic E-state index is -0.416. The molecule has 1 heterocycles. The van der Waals surface area contributed by atoms with Crippen LogP contribution in [0.4, 0.5) is 0 Å². The number of hydrogen-bond donors (Lipinski definition) is 0. The molecule has 1 atom stereocenters. The Kier molecular flexibility index (Phi) is 8.77. The number of amides is 1. The van der Waals surface area contributed by atoms with Crippen molar-refractivity contribution in [2.24, 2.45) is 5.92 Å². The molecule has 0 N–H and O–H groups in total. The van der Waals surface area contributed by atoms with Crippen LogP contribution in [0, 0.1) is 5.92 Å². The lowest BCUT2D eigenvalue weighted by atomic mass is 9.86. The van der Waals surface area contributed by atoms with E-state index in [2.05, 4.69) is 34.6 Å². The van der Waals surface area contributed by atoms with Crippen molar-refractivity contribution < 1.29 is 9.53 Å². The fourth-order valence-corrected chi connectivity index (χ4v) is 5.05. The lowest BCUT2D eigenvalue weighted by Crippen LogP contribution is -2.40. The number of benzene rings is 3. The van der Waals surface area contributed by atoms with Crippen LogP contribution in [0.2, 0.25) is 0 Å². The first-order valence-corrected chi connectivity index (χ1v) is 14.2. The van der Waals surface area contributed by atoms with Gasteiger partial charge in [-0.25, -0.2) is 4.98 Å². The van der Waals surface area contributed by atoms with Crippen molar-refractivity contribution in [3.8, 4) is 11.4 Å². The molecule has 0 saturated heterocycles. The third-order valence-corrected chi connectivity index (χ3v) is 7.09. The van der Waals surface area contributed by atoms with Gasteiger partial charge in [-0.2, -0.15) is 0 Å². The number of fused-ring (bicyclic) bond motifs is 1. The van der Waals surface area contributed by atoms with Gasteiger partial charge in [-0.1, -0.05) is 65.8 Å². The van der Waals surface area contributed by atoms with Crippen molar-refractivity contribution in [3.05, 3.63) is 100 Å². The van der Waals surface area contributed by atoms with Gasteiger partial charge in [-0.05, 0) is 78.8 Å². The second-order valence-corrected chi connectivity index (χ2v) is 11.7. The highest BCUT2D eigenvalue weighted by molar-refractivity contribution is 5.94. The van der Waals surface area contributed by atoms with Crippen LogP contribution in [0.25, 0.3) is 16.6 Å². The summed E-state index contributed by atoms with van der Waals surface area (Å²) in [4.78, 5) is 35.0. The molecule has 4 rings (SSSR count). The lowest BCUT2D eigenvalue weighted by Gasteiger charge is -2.34. The number of rotatable bonds is 9. The van der Waals surface area contributed by atoms with E-state index in [-0.39, 0.29) is 22.8 Å². The summed E-state index contributed by atoms with van der Waals surface area (Å²) in [6, 6.07) is 22.3. The highest BCUT2D eigenvalue weighted by atomic mass is 16.5. The zero-order valence-corrected chi connectivity index (χ0v) is 24.8. The van der Waals surface area contributed by atoms with E-state index in [1.807, 2.05) is 85.5 Å². The summed E-state index contributed by atoms with van der Waals surface area (Å²) in [5, 5.41) is 0.537. The van der Waals surface area contributed by atoms with Crippen LogP contribution in [0.1, 0.15) is 82.7 Å². The van der Waals surface area contributed by atoms with E-state index in [9.17, 15) is 9.59 Å². The predicted octanol–water partition coefficient (Wildman–Crippen LogP) is 7.33. The topological polar surface area (TPSA) is 64.4 Å². The lowest BCUT2D eigenvalue weighted by molar-refractivity contribution is 0.0631. The van der Waals surface area contributed by atoms with Crippen molar-refractivity contribution in [1.82, 2.24) is 14.5 Å². The van der Waals surface area contributed by atoms with Gasteiger partial charge in [0.2, 0.25) is 0 Å². The molecule has 0 aliphatic heterocycles. The molecular weight excluding hydrogens is 498 g/mol. The second-order valence-electron chi connectivity index (χ2n) is 11.7. The zero-order valence-electron chi connectivity index (χ0n) is 24.8. The van der Waals surface area contributed by atoms with Gasteiger partial charge in [-0.15, -0.1) is 0 Å². The minimum absolute atomic E-state index is 0.00600. The Morgan fingerprint density at radius 3 is 2.17 bits per heavy atom. The molecule has 0 fully saturated rings. The minimum Gasteiger partial charge on any atom is -0.494 e. The molecule has 1 amide bonds. The third-order valence-electron chi connectivity index (χ3n) is 7.09. The summed E-state index contributed by atoms with van der Waals surface area (Å²) in [5.41, 5.74) is 2.94. The fourth-order valence-electron chi connectivity index (χ4n) is 5.05. The fraction of sp³-hybridized carbons (Fsp3) is 0.382. The van der Waals surface area contributed by atoms with Gasteiger partial charge in [0.05, 0.1) is 29.2 Å². The smallest absolute Gasteiger partial charge is 0.266 e. The predicted molar refractivity (Wildman–Crippen MR) is 163 cm³/mol. The molecule has 210 valence electrons. The standard InChI is InChI=1S/C34H41N3O3/c1-8-30(36(22-23(3)4)32(38)24-14-16-25(17-15-24)34(5,6)7)31-35-29-13-11-10-12-28(29)33(39)37(31)26-18-20-27(21-19-26)40-9-2/h10-21,23,30H,8-9,22H2,1-7H3. The van der Waals surface area contributed by atoms with Gasteiger partial charge >= 0.3 is 0 Å². The van der Waals surface area contributed by atoms with Gasteiger partial charge in [0.25, 0.3) is 11.5 Å². The van der Waals surface area contributed by atoms with Gasteiger partial charge in [0.1, 0.15) is 11.6 Å². The molecule has 6 heteroatoms. The van der Waals surface area contributed by atoms with Gasteiger partial charge in [0, 0.05) is 12.1 Å². The maximum absolute atomic E-state index is 14.1. The molecule has 0 bridgehead atoms. The molecule has 4 aromatic rings. The van der Waals surface area contributed by atoms with E-state index in [0.717, 1.165) is 5.75 Å². The SMILES string of the molecule is CCOc1ccc(-n2c(C(CC)N(CC(C)C)C(=O)c3ccc(C(C)(C)C)cc3)nc3ccccc3c2=O)cc1. The monoisotopic (exact) mass is 539 g/mol. The van der Waals surface area contributed by atoms with Crippen molar-refractivity contribution >= 4 is 16.8 Å². The first-order valence-electron chi connectivity index (χ1n) is 14.2. The van der Waals surface area contributed by atoms with Crippen molar-refractivity contribution in [2.45, 2.75) is 66.3 Å². The van der Waals surface area contributed by atoms with Crippen LogP contribution in [0.3, 0.4) is 0 Å². The molecule has 6 nitrogen and oxygen atoms in total. The normalized spacial score (nSPS) is 12.5. The van der Waals surface area contributed by atoms with Crippen molar-refractivity contribution in [3.63, 3.8) is 0 Å². The van der Waals surface area contributed by atoms with Crippen molar-refractivity contribution in [2.75, 3.05) is 13.2 Å². The first kappa shape index (κ1) is 29.1. The number of carbonyl (C=O) groups is 1. The van der Waals surface area contributed by atoms with E-state index in [1.54, 1.807) is 10.6 Å². The molecule has 40 heavy (non-hydrogen) atoms. The van der Waals surface area contributed by atoms with E-state index >= 15 is 0 Å². The quantitative estimate of drug-likeness (QED) is 0.223. The summed E-state index contributed by atoms with van der Waals surface area (Å²) < 4.78 is 7.29. The van der Waals surface area contributed by atoms with Gasteiger partial charge < -0.3 is 9.64 Å². The zero-order chi connectivity index (χ0) is 29.0. The van der Waals surface area contributed by atoms with E-state index in [1.165, 1.54) is 5.56 Å². The number of carbonyl (C=O) groups excluding carboxylic acids is 1. The first-order chi connectivity index (χ1) is 19.0. The highest BCUT2D eigenvalue weighted by Crippen LogP contribution is 2.30. The second kappa shape index (κ2) is 12.1. The van der Waals surface area contributed by atoms with E-state index in [0.29, 0.717) is 47.6 Å². The highest BCUT2D eigenvalue weighted by Gasteiger charge is 2.30. The van der Waals surface area contributed by atoms with Crippen LogP contribution in [-0.4, -0.2) is 33.5 Å². The van der Waals surface area contributed by atoms with Crippen molar-refractivity contribution in [1.29, 1.82) is 0 Å². The van der Waals surface area contributed by atoms with Crippen LogP contribution in [0.15, 0.2) is 77.6 Å². The Balaban J connectivity index is 1.88. The molecule has 0 aliphatic rings. The number of ether oxygens (including phenoxy) is 1. The third kappa shape index (κ3) is 6.11. The van der Waals surface area contributed by atoms with Crippen LogP contribution >= 0.6 is 0 Å². The molecular formula is C34H41N3O3. The number of hydrogen-bond acceptors (Lipinski definition) is 4. The molecule has 1 unspecified atom stereocenters. The molecule has 0 spiro atoms. The van der Waals surface area contributed by atoms with Crippen LogP contribution in [0.5, 0.6) is 5.75 Å². The summed E-state index contributed by atoms with van der Waals surface area (Å²) in [6.45, 7) is 15.7. The Hall–Kier alpha value is -3.93. The van der Waals surface area contributed by atoms with Crippen LogP contribution in [-0.2, 0) is 5.41 Å². The average molecular weight is 540 g/mol. The Bertz CT molecular complexity index is 1510. The summed E-state index contributed by atoms with van der Waals surface area (Å²) >= 11 is 0. The Morgan fingerprint density at radius 1 is 0.950 bits per heavy atom. The number of aromatic nitrogens is 2. The summed E-state index contributed by atoms with van der Waals surface area (Å²) in [5.74, 6) is 1.44. The summed E-state index contributed by atoms with van der Waals surface area (Å²) in [7, 11) is 0. The van der Waals surface area contributed by atoms with Crippen LogP contribution < -0.4 is 10.3 Å². The van der Waals surface area contributed by atoms with Gasteiger partial charge in [-0.3, -0.25) is 14.2 Å². The van der Waals surface area contributed by atoms with Gasteiger partial charge in [0.15, 0.2) is 0 Å². The van der Waals surface area contributed by atoms with E-state index < -0.39 is 6.04 Å². The molecule has 1 aromatic heterocycles. The molecule has 0 radical (unpaired) electrons. The average Bonchev–Trinajstić information content (AvgIpc) is 2.93. The largest absolute Gasteiger partial charge is 0.494 e. The maximum Gasteiger partial charge on any atom is 0.266 e. The maximum atomic E-state index is 14.1. The molecule has 0 saturated carbocycles. The number of para-hydroxylation sites is 1. The molecule has 0 aliphatic carbocycles. The summed E-state index contributed by atoms with van der Waals surface area (Å²) in [6.07, 6.45) is 0.598. The number of nitrogens with zero attached hydrogens (tertiary/aromatic N) is 3. The Labute approximate surface area is 237 Å². The Morgan fingerprint density at radius 2 is 1.60 bits per heavy atom. The molecule has 3 aromatic carbocycles. The van der Waals surface area contributed by atoms with E-state index in [4.69, 9.17) is 9.72 Å².